The van der Waals surface area contributed by atoms with Crippen molar-refractivity contribution in [2.75, 3.05) is 31.1 Å². The van der Waals surface area contributed by atoms with E-state index in [1.165, 1.54) is 12.1 Å². The monoisotopic (exact) mass is 260 g/mol. The van der Waals surface area contributed by atoms with Gasteiger partial charge in [0.25, 0.3) is 0 Å². The van der Waals surface area contributed by atoms with Crippen LogP contribution in [0.15, 0.2) is 24.3 Å². The number of anilines is 1. The molecule has 0 saturated carbocycles. The van der Waals surface area contributed by atoms with E-state index in [0.29, 0.717) is 0 Å². The molecule has 6 heteroatoms. The minimum atomic E-state index is -4.61. The number of benzene rings is 1. The largest absolute Gasteiger partial charge is 0.418 e. The number of nitrogens with zero attached hydrogens (tertiary/aromatic N) is 1. The molecule has 2 rings (SSSR count). The van der Waals surface area contributed by atoms with Gasteiger partial charge in [0, 0.05) is 31.9 Å². The highest BCUT2D eigenvalue weighted by Crippen LogP contribution is 2.33. The van der Waals surface area contributed by atoms with E-state index in [1.54, 1.807) is 12.1 Å². The van der Waals surface area contributed by atoms with Crippen molar-refractivity contribution in [3.05, 3.63) is 29.8 Å². The molecule has 1 aliphatic heterocycles. The van der Waals surface area contributed by atoms with Crippen molar-refractivity contribution >= 4 is 5.69 Å². The van der Waals surface area contributed by atoms with Crippen LogP contribution in [0.1, 0.15) is 11.7 Å². The molecule has 0 bridgehead atoms. The summed E-state index contributed by atoms with van der Waals surface area (Å²) in [6.45, 7) is 3.40. The number of piperazine rings is 1. The summed E-state index contributed by atoms with van der Waals surface area (Å²) in [7, 11) is 0. The molecule has 3 nitrogen and oxygen atoms in total. The van der Waals surface area contributed by atoms with E-state index in [0.717, 1.165) is 31.9 Å². The average molecular weight is 260 g/mol. The van der Waals surface area contributed by atoms with Gasteiger partial charge in [0.15, 0.2) is 6.10 Å². The number of aliphatic hydroxyl groups is 1. The van der Waals surface area contributed by atoms with Gasteiger partial charge in [-0.2, -0.15) is 13.2 Å². The van der Waals surface area contributed by atoms with E-state index in [4.69, 9.17) is 5.11 Å². The number of hydrogen-bond acceptors (Lipinski definition) is 3. The fourth-order valence-corrected chi connectivity index (χ4v) is 1.98. The van der Waals surface area contributed by atoms with Gasteiger partial charge in [-0.3, -0.25) is 0 Å². The zero-order chi connectivity index (χ0) is 13.2. The number of rotatable bonds is 2. The van der Waals surface area contributed by atoms with Crippen LogP contribution in [-0.4, -0.2) is 37.5 Å². The van der Waals surface area contributed by atoms with Crippen LogP contribution in [-0.2, 0) is 0 Å². The van der Waals surface area contributed by atoms with E-state index in [9.17, 15) is 13.2 Å². The van der Waals surface area contributed by atoms with Crippen molar-refractivity contribution in [2.45, 2.75) is 12.3 Å². The third kappa shape index (κ3) is 2.94. The Morgan fingerprint density at radius 2 is 1.67 bits per heavy atom. The van der Waals surface area contributed by atoms with Crippen LogP contribution in [0.2, 0.25) is 0 Å². The summed E-state index contributed by atoms with van der Waals surface area (Å²) in [4.78, 5) is 2.10. The number of alkyl halides is 3. The van der Waals surface area contributed by atoms with Crippen LogP contribution in [0, 0.1) is 0 Å². The van der Waals surface area contributed by atoms with Crippen LogP contribution in [0.4, 0.5) is 18.9 Å². The van der Waals surface area contributed by atoms with E-state index in [-0.39, 0.29) is 5.56 Å². The SMILES string of the molecule is OC(c1ccc(N2CCNCC2)cc1)C(F)(F)F. The Morgan fingerprint density at radius 3 is 2.17 bits per heavy atom. The Kier molecular flexibility index (Phi) is 3.77. The first kappa shape index (κ1) is 13.2. The van der Waals surface area contributed by atoms with Crippen LogP contribution < -0.4 is 10.2 Å². The van der Waals surface area contributed by atoms with Gasteiger partial charge in [-0.1, -0.05) is 12.1 Å². The lowest BCUT2D eigenvalue weighted by molar-refractivity contribution is -0.206. The molecule has 1 aromatic rings. The molecule has 0 amide bonds. The van der Waals surface area contributed by atoms with Crippen LogP contribution >= 0.6 is 0 Å². The van der Waals surface area contributed by atoms with Gasteiger partial charge in [-0.15, -0.1) is 0 Å². The maximum absolute atomic E-state index is 12.3. The fourth-order valence-electron chi connectivity index (χ4n) is 1.98. The first-order valence-electron chi connectivity index (χ1n) is 5.79. The Morgan fingerprint density at radius 1 is 1.11 bits per heavy atom. The van der Waals surface area contributed by atoms with E-state index < -0.39 is 12.3 Å². The van der Waals surface area contributed by atoms with E-state index in [2.05, 4.69) is 10.2 Å². The molecule has 100 valence electrons. The number of hydrogen-bond donors (Lipinski definition) is 2. The van der Waals surface area contributed by atoms with Gasteiger partial charge >= 0.3 is 6.18 Å². The standard InChI is InChI=1S/C12H15F3N2O/c13-12(14,15)11(18)9-1-3-10(4-2-9)17-7-5-16-6-8-17/h1-4,11,16,18H,5-8H2. The maximum Gasteiger partial charge on any atom is 0.418 e. The summed E-state index contributed by atoms with van der Waals surface area (Å²) >= 11 is 0. The molecular weight excluding hydrogens is 245 g/mol. The quantitative estimate of drug-likeness (QED) is 0.849. The lowest BCUT2D eigenvalue weighted by Crippen LogP contribution is -2.43. The molecule has 0 radical (unpaired) electrons. The topological polar surface area (TPSA) is 35.5 Å². The molecule has 1 saturated heterocycles. The zero-order valence-electron chi connectivity index (χ0n) is 9.74. The molecule has 0 aliphatic carbocycles. The van der Waals surface area contributed by atoms with Gasteiger partial charge in [0.05, 0.1) is 0 Å². The van der Waals surface area contributed by atoms with Crippen LogP contribution in [0.5, 0.6) is 0 Å². The van der Waals surface area contributed by atoms with Crippen molar-refractivity contribution in [1.82, 2.24) is 5.32 Å². The Hall–Kier alpha value is -1.27. The van der Waals surface area contributed by atoms with Gasteiger partial charge < -0.3 is 15.3 Å². The molecule has 18 heavy (non-hydrogen) atoms. The van der Waals surface area contributed by atoms with Crippen molar-refractivity contribution in [3.63, 3.8) is 0 Å². The third-order valence-corrected chi connectivity index (χ3v) is 3.00. The molecule has 1 atom stereocenters. The van der Waals surface area contributed by atoms with Crippen LogP contribution in [0.3, 0.4) is 0 Å². The highest BCUT2D eigenvalue weighted by molar-refractivity contribution is 5.48. The number of nitrogens with one attached hydrogen (secondary N) is 1. The Labute approximate surface area is 103 Å². The smallest absolute Gasteiger partial charge is 0.379 e. The first-order chi connectivity index (χ1) is 8.48. The van der Waals surface area contributed by atoms with Gasteiger partial charge in [-0.05, 0) is 17.7 Å². The van der Waals surface area contributed by atoms with Crippen molar-refractivity contribution < 1.29 is 18.3 Å². The first-order valence-corrected chi connectivity index (χ1v) is 5.79. The third-order valence-electron chi connectivity index (χ3n) is 3.00. The van der Waals surface area contributed by atoms with Crippen molar-refractivity contribution in [2.24, 2.45) is 0 Å². The number of halogens is 3. The van der Waals surface area contributed by atoms with Gasteiger partial charge in [0.1, 0.15) is 0 Å². The Balaban J connectivity index is 2.09. The van der Waals surface area contributed by atoms with Crippen molar-refractivity contribution in [1.29, 1.82) is 0 Å². The second kappa shape index (κ2) is 5.16. The Bertz CT molecular complexity index is 385. The maximum atomic E-state index is 12.3. The predicted molar refractivity (Wildman–Crippen MR) is 62.5 cm³/mol. The molecule has 0 aromatic heterocycles. The normalized spacial score (nSPS) is 18.8. The summed E-state index contributed by atoms with van der Waals surface area (Å²) in [6.07, 6.45) is -7.02. The summed E-state index contributed by atoms with van der Waals surface area (Å²) in [5.74, 6) is 0. The highest BCUT2D eigenvalue weighted by Gasteiger charge is 2.39. The highest BCUT2D eigenvalue weighted by atomic mass is 19.4. The molecule has 1 unspecified atom stereocenters. The lowest BCUT2D eigenvalue weighted by Gasteiger charge is -2.29. The lowest BCUT2D eigenvalue weighted by atomic mass is 10.1. The molecule has 0 spiro atoms. The summed E-state index contributed by atoms with van der Waals surface area (Å²) < 4.78 is 37.0. The minimum absolute atomic E-state index is 0.124. The summed E-state index contributed by atoms with van der Waals surface area (Å²) in [5.41, 5.74) is 0.760. The predicted octanol–water partition coefficient (Wildman–Crippen LogP) is 1.69. The summed E-state index contributed by atoms with van der Waals surface area (Å²) in [6, 6.07) is 5.90. The molecule has 1 fully saturated rings. The average Bonchev–Trinajstić information content (AvgIpc) is 2.38. The second-order valence-corrected chi connectivity index (χ2v) is 4.27. The molecular formula is C12H15F3N2O. The van der Waals surface area contributed by atoms with Crippen LogP contribution in [0.25, 0.3) is 0 Å². The molecule has 2 N–H and O–H groups in total. The van der Waals surface area contributed by atoms with E-state index >= 15 is 0 Å². The fraction of sp³-hybridized carbons (Fsp3) is 0.500. The molecule has 1 aromatic carbocycles. The summed E-state index contributed by atoms with van der Waals surface area (Å²) in [5, 5.41) is 12.3. The molecule has 1 aliphatic rings. The van der Waals surface area contributed by atoms with Crippen molar-refractivity contribution in [3.8, 4) is 0 Å². The van der Waals surface area contributed by atoms with Gasteiger partial charge in [0.2, 0.25) is 0 Å². The molecule has 1 heterocycles. The van der Waals surface area contributed by atoms with Gasteiger partial charge in [-0.25, -0.2) is 0 Å². The zero-order valence-corrected chi connectivity index (χ0v) is 9.74. The number of aliphatic hydroxyl groups excluding tert-OH is 1. The van der Waals surface area contributed by atoms with E-state index in [1.807, 2.05) is 0 Å². The second-order valence-electron chi connectivity index (χ2n) is 4.27. The minimum Gasteiger partial charge on any atom is -0.379 e.